The zero-order chi connectivity index (χ0) is 20.8. The zero-order valence-corrected chi connectivity index (χ0v) is 15.8. The third-order valence-electron chi connectivity index (χ3n) is 3.74. The minimum Gasteiger partial charge on any atom is -0.497 e. The molecule has 3 aromatic rings. The summed E-state index contributed by atoms with van der Waals surface area (Å²) in [5, 5.41) is 14.9. The number of carbonyl (C=O) groups excluding carboxylic acids is 1. The van der Waals surface area contributed by atoms with Crippen LogP contribution in [0.5, 0.6) is 5.75 Å². The Balaban J connectivity index is 1.79. The summed E-state index contributed by atoms with van der Waals surface area (Å²) in [5.41, 5.74) is 5.24. The molecular weight excluding hydrogens is 400 g/mol. The number of nitrogens with one attached hydrogen (secondary N) is 3. The Morgan fingerprint density at radius 3 is 2.52 bits per heavy atom. The molecule has 3 rings (SSSR count). The summed E-state index contributed by atoms with van der Waals surface area (Å²) in [6.07, 6.45) is 1.13. The molecule has 0 saturated carbocycles. The lowest BCUT2D eigenvalue weighted by molar-refractivity contribution is -0.383. The van der Waals surface area contributed by atoms with Crippen molar-refractivity contribution in [2.75, 3.05) is 17.9 Å². The van der Waals surface area contributed by atoms with Crippen LogP contribution in [0.15, 0.2) is 54.9 Å². The molecule has 0 radical (unpaired) electrons. The number of rotatable bonds is 7. The summed E-state index contributed by atoms with van der Waals surface area (Å²) in [5.74, 6) is -0.160. The number of anilines is 3. The monoisotopic (exact) mass is 414 g/mol. The standard InChI is InChI=1S/C18H15ClN6O4/c1-29-14-7-5-11(6-8-14)18(26)24-23-17-15(25(27)28)16(20-10-21-17)22-13-4-2-3-12(19)9-13/h2-10H,1H3,(H,24,26)(H2,20,21,22,23). The van der Waals surface area contributed by atoms with Crippen molar-refractivity contribution >= 4 is 40.5 Å². The number of methoxy groups -OCH3 is 1. The third kappa shape index (κ3) is 4.87. The molecule has 0 aliphatic heterocycles. The molecule has 148 valence electrons. The molecule has 0 unspecified atom stereocenters. The Hall–Kier alpha value is -3.92. The van der Waals surface area contributed by atoms with Gasteiger partial charge in [-0.25, -0.2) is 9.97 Å². The fourth-order valence-corrected chi connectivity index (χ4v) is 2.56. The maximum absolute atomic E-state index is 12.3. The molecule has 0 bridgehead atoms. The Kier molecular flexibility index (Phi) is 6.05. The van der Waals surface area contributed by atoms with Crippen molar-refractivity contribution in [2.45, 2.75) is 0 Å². The number of benzene rings is 2. The van der Waals surface area contributed by atoms with Crippen LogP contribution in [0.25, 0.3) is 0 Å². The van der Waals surface area contributed by atoms with E-state index >= 15 is 0 Å². The van der Waals surface area contributed by atoms with Gasteiger partial charge in [-0.2, -0.15) is 0 Å². The highest BCUT2D eigenvalue weighted by molar-refractivity contribution is 6.30. The molecule has 2 aromatic carbocycles. The Morgan fingerprint density at radius 1 is 1.14 bits per heavy atom. The Bertz CT molecular complexity index is 1040. The summed E-state index contributed by atoms with van der Waals surface area (Å²) in [6, 6.07) is 13.0. The molecule has 0 spiro atoms. The topological polar surface area (TPSA) is 131 Å². The molecule has 11 heteroatoms. The molecule has 1 amide bonds. The highest BCUT2D eigenvalue weighted by Crippen LogP contribution is 2.31. The number of hydrogen-bond acceptors (Lipinski definition) is 8. The second-order valence-corrected chi connectivity index (χ2v) is 6.06. The molecule has 0 aliphatic rings. The van der Waals surface area contributed by atoms with E-state index in [9.17, 15) is 14.9 Å². The summed E-state index contributed by atoms with van der Waals surface area (Å²) in [6.45, 7) is 0. The number of hydrazine groups is 1. The molecule has 0 aliphatic carbocycles. The summed E-state index contributed by atoms with van der Waals surface area (Å²) < 4.78 is 5.04. The molecule has 10 nitrogen and oxygen atoms in total. The number of nitro groups is 1. The van der Waals surface area contributed by atoms with E-state index in [0.29, 0.717) is 22.0 Å². The lowest BCUT2D eigenvalue weighted by atomic mass is 10.2. The first-order valence-electron chi connectivity index (χ1n) is 8.20. The molecule has 0 fully saturated rings. The second kappa shape index (κ2) is 8.85. The smallest absolute Gasteiger partial charge is 0.355 e. The van der Waals surface area contributed by atoms with E-state index in [-0.39, 0.29) is 11.6 Å². The van der Waals surface area contributed by atoms with Gasteiger partial charge in [0.05, 0.1) is 12.0 Å². The van der Waals surface area contributed by atoms with Gasteiger partial charge in [-0.15, -0.1) is 0 Å². The molecular formula is C18H15ClN6O4. The number of carbonyl (C=O) groups is 1. The van der Waals surface area contributed by atoms with Crippen LogP contribution in [0.4, 0.5) is 23.0 Å². The van der Waals surface area contributed by atoms with E-state index in [4.69, 9.17) is 16.3 Å². The average Bonchev–Trinajstić information content (AvgIpc) is 2.72. The van der Waals surface area contributed by atoms with Gasteiger partial charge in [0.25, 0.3) is 5.91 Å². The van der Waals surface area contributed by atoms with E-state index < -0.39 is 16.5 Å². The highest BCUT2D eigenvalue weighted by Gasteiger charge is 2.23. The van der Waals surface area contributed by atoms with Crippen LogP contribution in [0.3, 0.4) is 0 Å². The van der Waals surface area contributed by atoms with Crippen molar-refractivity contribution in [1.82, 2.24) is 15.4 Å². The second-order valence-electron chi connectivity index (χ2n) is 5.62. The maximum atomic E-state index is 12.3. The van der Waals surface area contributed by atoms with Crippen LogP contribution in [0.2, 0.25) is 5.02 Å². The van der Waals surface area contributed by atoms with Crippen molar-refractivity contribution in [1.29, 1.82) is 0 Å². The normalized spacial score (nSPS) is 10.1. The van der Waals surface area contributed by atoms with Crippen LogP contribution < -0.4 is 20.9 Å². The number of halogens is 1. The largest absolute Gasteiger partial charge is 0.497 e. The molecule has 0 saturated heterocycles. The number of aromatic nitrogens is 2. The summed E-state index contributed by atoms with van der Waals surface area (Å²) in [7, 11) is 1.51. The molecule has 1 heterocycles. The van der Waals surface area contributed by atoms with Crippen molar-refractivity contribution in [3.63, 3.8) is 0 Å². The lowest BCUT2D eigenvalue weighted by Crippen LogP contribution is -2.30. The Morgan fingerprint density at radius 2 is 1.86 bits per heavy atom. The van der Waals surface area contributed by atoms with Crippen LogP contribution in [-0.4, -0.2) is 27.9 Å². The number of amides is 1. The SMILES string of the molecule is COc1ccc(C(=O)NNc2ncnc(Nc3cccc(Cl)c3)c2[N+](=O)[O-])cc1. The van der Waals surface area contributed by atoms with Crippen molar-refractivity contribution in [3.05, 3.63) is 75.6 Å². The van der Waals surface area contributed by atoms with Crippen LogP contribution in [-0.2, 0) is 0 Å². The van der Waals surface area contributed by atoms with Crippen molar-refractivity contribution < 1.29 is 14.5 Å². The van der Waals surface area contributed by atoms with Crippen LogP contribution in [0, 0.1) is 10.1 Å². The first-order chi connectivity index (χ1) is 14.0. The van der Waals surface area contributed by atoms with E-state index in [1.807, 2.05) is 0 Å². The first kappa shape index (κ1) is 19.8. The Labute approximate surface area is 170 Å². The van der Waals surface area contributed by atoms with Gasteiger partial charge in [0.1, 0.15) is 12.1 Å². The fraction of sp³-hybridized carbons (Fsp3) is 0.0556. The van der Waals surface area contributed by atoms with Crippen molar-refractivity contribution in [2.24, 2.45) is 0 Å². The van der Waals surface area contributed by atoms with Crippen LogP contribution >= 0.6 is 11.6 Å². The van der Waals surface area contributed by atoms with Gasteiger partial charge >= 0.3 is 5.69 Å². The molecule has 29 heavy (non-hydrogen) atoms. The first-order valence-corrected chi connectivity index (χ1v) is 8.58. The van der Waals surface area contributed by atoms with E-state index in [2.05, 4.69) is 26.1 Å². The number of ether oxygens (including phenoxy) is 1. The predicted octanol–water partition coefficient (Wildman–Crippen LogP) is 3.55. The van der Waals surface area contributed by atoms with E-state index in [1.54, 1.807) is 48.5 Å². The van der Waals surface area contributed by atoms with Gasteiger partial charge in [-0.05, 0) is 42.5 Å². The zero-order valence-electron chi connectivity index (χ0n) is 15.0. The maximum Gasteiger partial charge on any atom is 0.355 e. The van der Waals surface area contributed by atoms with Gasteiger partial charge < -0.3 is 10.1 Å². The van der Waals surface area contributed by atoms with Crippen molar-refractivity contribution in [3.8, 4) is 5.75 Å². The predicted molar refractivity (Wildman–Crippen MR) is 108 cm³/mol. The summed E-state index contributed by atoms with van der Waals surface area (Å²) >= 11 is 5.93. The van der Waals surface area contributed by atoms with Gasteiger partial charge in [0, 0.05) is 16.3 Å². The quantitative estimate of drug-likeness (QED) is 0.395. The lowest BCUT2D eigenvalue weighted by Gasteiger charge is -2.11. The van der Waals surface area contributed by atoms with Gasteiger partial charge in [0.15, 0.2) is 0 Å². The highest BCUT2D eigenvalue weighted by atomic mass is 35.5. The molecule has 0 atom stereocenters. The average molecular weight is 415 g/mol. The van der Waals surface area contributed by atoms with Gasteiger partial charge in [-0.1, -0.05) is 17.7 Å². The number of nitrogens with zero attached hydrogens (tertiary/aromatic N) is 3. The number of hydrogen-bond donors (Lipinski definition) is 3. The summed E-state index contributed by atoms with van der Waals surface area (Å²) in [4.78, 5) is 30.9. The van der Waals surface area contributed by atoms with E-state index in [0.717, 1.165) is 6.33 Å². The van der Waals surface area contributed by atoms with Crippen LogP contribution in [0.1, 0.15) is 10.4 Å². The third-order valence-corrected chi connectivity index (χ3v) is 3.97. The minimum absolute atomic E-state index is 0.0616. The van der Waals surface area contributed by atoms with Gasteiger partial charge in [0.2, 0.25) is 11.6 Å². The molecule has 1 aromatic heterocycles. The van der Waals surface area contributed by atoms with Gasteiger partial charge in [-0.3, -0.25) is 25.8 Å². The molecule has 3 N–H and O–H groups in total. The minimum atomic E-state index is -0.658. The van der Waals surface area contributed by atoms with E-state index in [1.165, 1.54) is 7.11 Å². The fourth-order valence-electron chi connectivity index (χ4n) is 2.37.